The Morgan fingerprint density at radius 3 is 2.55 bits per heavy atom. The third kappa shape index (κ3) is 7.62. The standard InChI is InChI=1S/C40H44F3N5O4S/c1-24(37(49)47(5)6)20-25-10-8-11-26(21-25)40(4)17-9-16-39(2,3)23-53(50,51)19-15-29-28-14-18-44-34(28)32(42)33(43)35(29)52-27-12-13-31(41)30(22-27)36-45-38(40)46-48(36)7/h8,10-15,18-19,21-22,24,44H,9,16-17,20,23H2,1-7H3/b19-15-/t24-,40-/m1/s1. The van der Waals surface area contributed by atoms with Crippen LogP contribution in [0.25, 0.3) is 28.4 Å². The smallest absolute Gasteiger partial charge is 0.225 e. The van der Waals surface area contributed by atoms with Gasteiger partial charge in [-0.2, -0.15) is 9.49 Å². The zero-order chi connectivity index (χ0) is 38.5. The topological polar surface area (TPSA) is 110 Å². The van der Waals surface area contributed by atoms with Crippen molar-refractivity contribution in [1.82, 2.24) is 24.6 Å². The van der Waals surface area contributed by atoms with Crippen LogP contribution in [0.1, 0.15) is 69.5 Å². The number of nitrogens with zero attached hydrogens (tertiary/aromatic N) is 4. The Morgan fingerprint density at radius 1 is 1.06 bits per heavy atom. The van der Waals surface area contributed by atoms with Crippen LogP contribution in [0.2, 0.25) is 0 Å². The van der Waals surface area contributed by atoms with Gasteiger partial charge in [-0.3, -0.25) is 4.79 Å². The molecule has 0 radical (unpaired) electrons. The maximum atomic E-state index is 15.7. The van der Waals surface area contributed by atoms with E-state index < -0.39 is 43.9 Å². The van der Waals surface area contributed by atoms with Crippen LogP contribution in [-0.4, -0.2) is 58.8 Å². The Labute approximate surface area is 307 Å². The number of carbonyl (C=O) groups is 1. The fraction of sp³-hybridized carbons (Fsp3) is 0.375. The number of carbonyl (C=O) groups excluding carboxylic acids is 1. The minimum absolute atomic E-state index is 0.00735. The molecular weight excluding hydrogens is 704 g/mol. The fourth-order valence-electron chi connectivity index (χ4n) is 7.27. The van der Waals surface area contributed by atoms with Crippen molar-refractivity contribution in [2.24, 2.45) is 18.4 Å². The summed E-state index contributed by atoms with van der Waals surface area (Å²) in [6.45, 7) is 7.65. The second-order valence-corrected chi connectivity index (χ2v) is 17.1. The van der Waals surface area contributed by atoms with Crippen molar-refractivity contribution in [1.29, 1.82) is 0 Å². The molecule has 0 fully saturated rings. The average molecular weight is 748 g/mol. The Hall–Kier alpha value is -4.91. The summed E-state index contributed by atoms with van der Waals surface area (Å²) in [6, 6.07) is 13.2. The van der Waals surface area contributed by atoms with Gasteiger partial charge in [-0.15, -0.1) is 0 Å². The molecular formula is C40H44F3N5O4S. The zero-order valence-corrected chi connectivity index (χ0v) is 31.7. The first-order chi connectivity index (χ1) is 24.9. The molecule has 6 rings (SSSR count). The van der Waals surface area contributed by atoms with Gasteiger partial charge < -0.3 is 14.6 Å². The van der Waals surface area contributed by atoms with Gasteiger partial charge in [0.05, 0.1) is 22.2 Å². The lowest BCUT2D eigenvalue weighted by Crippen LogP contribution is -2.29. The van der Waals surface area contributed by atoms with Crippen molar-refractivity contribution >= 4 is 32.7 Å². The van der Waals surface area contributed by atoms with Crippen molar-refractivity contribution in [2.75, 3.05) is 19.8 Å². The highest BCUT2D eigenvalue weighted by Crippen LogP contribution is 2.41. The molecule has 9 nitrogen and oxygen atoms in total. The normalized spacial score (nSPS) is 19.7. The maximum Gasteiger partial charge on any atom is 0.225 e. The Balaban J connectivity index is 1.51. The predicted octanol–water partition coefficient (Wildman–Crippen LogP) is 8.34. The lowest BCUT2D eigenvalue weighted by Gasteiger charge is -2.30. The molecule has 1 aliphatic rings. The van der Waals surface area contributed by atoms with Crippen LogP contribution >= 0.6 is 0 Å². The monoisotopic (exact) mass is 747 g/mol. The largest absolute Gasteiger partial charge is 0.453 e. The highest BCUT2D eigenvalue weighted by atomic mass is 32.2. The maximum absolute atomic E-state index is 15.7. The molecule has 5 aromatic rings. The van der Waals surface area contributed by atoms with Gasteiger partial charge in [-0.05, 0) is 73.1 Å². The molecule has 0 aliphatic carbocycles. The minimum Gasteiger partial charge on any atom is -0.453 e. The predicted molar refractivity (Wildman–Crippen MR) is 200 cm³/mol. The van der Waals surface area contributed by atoms with E-state index in [4.69, 9.17) is 14.8 Å². The third-order valence-corrected chi connectivity index (χ3v) is 11.8. The van der Waals surface area contributed by atoms with Crippen molar-refractivity contribution in [3.63, 3.8) is 0 Å². The van der Waals surface area contributed by atoms with E-state index in [1.165, 1.54) is 35.2 Å². The second kappa shape index (κ2) is 14.1. The van der Waals surface area contributed by atoms with Crippen LogP contribution in [-0.2, 0) is 33.5 Å². The molecule has 0 saturated carbocycles. The Bertz CT molecular complexity index is 2350. The SMILES string of the molecule is C[C@H](Cc1cccc([C@@]2(C)CCCC(C)(C)CS(=O)(=O)/C=C\c3c(c(F)c(F)c4[nH]ccc34)Oc3ccc(F)c(c3)-c3nc2nn3C)c1)C(=O)N(C)C. The molecule has 53 heavy (non-hydrogen) atoms. The molecule has 3 heterocycles. The van der Waals surface area contributed by atoms with E-state index in [1.54, 1.807) is 26.0 Å². The number of rotatable bonds is 4. The number of halogens is 3. The molecule has 2 aromatic heterocycles. The summed E-state index contributed by atoms with van der Waals surface area (Å²) < 4.78 is 81.2. The summed E-state index contributed by atoms with van der Waals surface area (Å²) >= 11 is 0. The molecule has 280 valence electrons. The molecule has 4 bridgehead atoms. The number of ether oxygens (including phenoxy) is 1. The highest BCUT2D eigenvalue weighted by Gasteiger charge is 2.36. The summed E-state index contributed by atoms with van der Waals surface area (Å²) in [5, 5.41) is 6.02. The van der Waals surface area contributed by atoms with E-state index in [1.807, 2.05) is 52.0 Å². The number of fused-ring (bicyclic) bond motifs is 8. The van der Waals surface area contributed by atoms with Crippen molar-refractivity contribution in [2.45, 2.75) is 58.8 Å². The Kier molecular flexibility index (Phi) is 10.1. The minimum atomic E-state index is -3.87. The molecule has 2 atom stereocenters. The lowest BCUT2D eigenvalue weighted by atomic mass is 9.75. The zero-order valence-electron chi connectivity index (χ0n) is 30.9. The second-order valence-electron chi connectivity index (χ2n) is 15.3. The number of amides is 1. The van der Waals surface area contributed by atoms with Crippen LogP contribution in [0.4, 0.5) is 13.2 Å². The Morgan fingerprint density at radius 2 is 1.81 bits per heavy atom. The van der Waals surface area contributed by atoms with E-state index in [0.717, 1.165) is 22.6 Å². The summed E-state index contributed by atoms with van der Waals surface area (Å²) in [5.41, 5.74) is 0.228. The van der Waals surface area contributed by atoms with Crippen LogP contribution in [0.5, 0.6) is 11.5 Å². The molecule has 13 heteroatoms. The van der Waals surface area contributed by atoms with Gasteiger partial charge in [-0.1, -0.05) is 51.5 Å². The molecule has 3 aromatic carbocycles. The number of aromatic amines is 1. The van der Waals surface area contributed by atoms with Gasteiger partial charge in [-0.25, -0.2) is 26.9 Å². The average Bonchev–Trinajstić information content (AvgIpc) is 3.74. The molecule has 0 unspecified atom stereocenters. The summed E-state index contributed by atoms with van der Waals surface area (Å²) in [7, 11) is 1.24. The van der Waals surface area contributed by atoms with Gasteiger partial charge in [0.15, 0.2) is 33.1 Å². The number of aryl methyl sites for hydroxylation is 1. The van der Waals surface area contributed by atoms with E-state index in [9.17, 15) is 13.2 Å². The number of hydrogen-bond donors (Lipinski definition) is 1. The van der Waals surface area contributed by atoms with Gasteiger partial charge in [0, 0.05) is 49.6 Å². The van der Waals surface area contributed by atoms with Gasteiger partial charge in [0.1, 0.15) is 11.6 Å². The number of sulfone groups is 1. The highest BCUT2D eigenvalue weighted by molar-refractivity contribution is 7.94. The van der Waals surface area contributed by atoms with Gasteiger partial charge in [0.25, 0.3) is 0 Å². The quantitative estimate of drug-likeness (QED) is 0.198. The lowest BCUT2D eigenvalue weighted by molar-refractivity contribution is -0.132. The van der Waals surface area contributed by atoms with Crippen LogP contribution in [0, 0.1) is 28.8 Å². The first-order valence-electron chi connectivity index (χ1n) is 17.5. The fourth-order valence-corrected chi connectivity index (χ4v) is 8.94. The van der Waals surface area contributed by atoms with Crippen molar-refractivity contribution in [3.05, 3.63) is 100 Å². The third-order valence-electron chi connectivity index (χ3n) is 10.1. The van der Waals surface area contributed by atoms with Crippen LogP contribution in [0.3, 0.4) is 0 Å². The molecule has 1 aliphatic heterocycles. The summed E-state index contributed by atoms with van der Waals surface area (Å²) in [5.74, 6) is -3.59. The number of H-pyrrole nitrogens is 1. The number of hydrogen-bond acceptors (Lipinski definition) is 6. The van der Waals surface area contributed by atoms with Crippen molar-refractivity contribution in [3.8, 4) is 22.9 Å². The van der Waals surface area contributed by atoms with Crippen LogP contribution in [0.15, 0.2) is 60.1 Å². The van der Waals surface area contributed by atoms with E-state index >= 15 is 13.2 Å². The molecule has 0 saturated heterocycles. The summed E-state index contributed by atoms with van der Waals surface area (Å²) in [6.07, 6.45) is 4.79. The number of aromatic nitrogens is 4. The molecule has 1 N–H and O–H groups in total. The molecule has 0 spiro atoms. The first-order valence-corrected chi connectivity index (χ1v) is 19.2. The number of benzene rings is 3. The van der Waals surface area contributed by atoms with Gasteiger partial charge >= 0.3 is 0 Å². The van der Waals surface area contributed by atoms with E-state index in [0.29, 0.717) is 31.5 Å². The van der Waals surface area contributed by atoms with E-state index in [-0.39, 0.29) is 51.2 Å². The summed E-state index contributed by atoms with van der Waals surface area (Å²) in [4.78, 5) is 21.8. The number of nitrogens with one attached hydrogen (secondary N) is 1. The van der Waals surface area contributed by atoms with E-state index in [2.05, 4.69) is 4.98 Å². The van der Waals surface area contributed by atoms with Crippen LogP contribution < -0.4 is 4.74 Å². The molecule has 1 amide bonds. The first kappa shape index (κ1) is 37.8. The van der Waals surface area contributed by atoms with Gasteiger partial charge in [0.2, 0.25) is 11.7 Å². The van der Waals surface area contributed by atoms with Crippen molar-refractivity contribution < 1.29 is 31.1 Å².